The van der Waals surface area contributed by atoms with Crippen molar-refractivity contribution in [3.8, 4) is 0 Å². The fraction of sp³-hybridized carbons (Fsp3) is 0.0714. The Morgan fingerprint density at radius 2 is 1.68 bits per heavy atom. The van der Waals surface area contributed by atoms with Gasteiger partial charge in [0, 0.05) is 17.4 Å². The van der Waals surface area contributed by atoms with E-state index in [1.54, 1.807) is 18.2 Å². The monoisotopic (exact) mass is 319 g/mol. The Hall–Kier alpha value is -2.74. The van der Waals surface area contributed by atoms with E-state index in [0.717, 1.165) is 6.26 Å². The summed E-state index contributed by atoms with van der Waals surface area (Å²) >= 11 is 0. The Bertz CT molecular complexity index is 787. The van der Waals surface area contributed by atoms with E-state index in [-0.39, 0.29) is 17.2 Å². The highest BCUT2D eigenvalue weighted by molar-refractivity contribution is 7.89. The van der Waals surface area contributed by atoms with Crippen molar-refractivity contribution in [2.45, 2.75) is 0 Å². The highest BCUT2D eigenvalue weighted by Gasteiger charge is 2.11. The molecule has 1 heterocycles. The van der Waals surface area contributed by atoms with Gasteiger partial charge in [0.05, 0.1) is 6.26 Å². The second-order valence-electron chi connectivity index (χ2n) is 4.45. The molecular formula is C14H13N3O4S. The molecule has 0 bridgehead atoms. The van der Waals surface area contributed by atoms with Crippen LogP contribution in [0.15, 0.2) is 48.7 Å². The number of aromatic nitrogens is 1. The fourth-order valence-corrected chi connectivity index (χ4v) is 2.08. The molecule has 0 radical (unpaired) electrons. The molecule has 2 amide bonds. The number of pyridine rings is 1. The smallest absolute Gasteiger partial charge is 0.274 e. The molecule has 0 aliphatic heterocycles. The van der Waals surface area contributed by atoms with Crippen LogP contribution in [-0.2, 0) is 10.0 Å². The van der Waals surface area contributed by atoms with Crippen molar-refractivity contribution in [3.63, 3.8) is 0 Å². The molecular weight excluding hydrogens is 306 g/mol. The predicted octanol–water partition coefficient (Wildman–Crippen LogP) is 1.02. The molecule has 0 saturated carbocycles. The van der Waals surface area contributed by atoms with Crippen molar-refractivity contribution < 1.29 is 18.0 Å². The van der Waals surface area contributed by atoms with Crippen LogP contribution in [0, 0.1) is 0 Å². The van der Waals surface area contributed by atoms with Crippen molar-refractivity contribution in [3.05, 3.63) is 59.9 Å². The Morgan fingerprint density at radius 3 is 2.23 bits per heavy atom. The molecule has 0 unspecified atom stereocenters. The number of nitrogens with zero attached hydrogens (tertiary/aromatic N) is 1. The van der Waals surface area contributed by atoms with Crippen molar-refractivity contribution in [1.29, 1.82) is 0 Å². The zero-order valence-corrected chi connectivity index (χ0v) is 12.4. The van der Waals surface area contributed by atoms with Crippen LogP contribution in [-0.4, -0.2) is 31.5 Å². The molecule has 1 aromatic heterocycles. The van der Waals surface area contributed by atoms with Gasteiger partial charge in [-0.15, -0.1) is 0 Å². The SMILES string of the molecule is CS(=O)(=O)NC(=O)c1ccc(NC(=O)c2ccccn2)cc1. The number of amides is 2. The summed E-state index contributed by atoms with van der Waals surface area (Å²) in [6.45, 7) is 0. The second kappa shape index (κ2) is 6.35. The second-order valence-corrected chi connectivity index (χ2v) is 6.20. The molecule has 0 saturated heterocycles. The first-order valence-corrected chi connectivity index (χ1v) is 8.09. The van der Waals surface area contributed by atoms with Crippen LogP contribution >= 0.6 is 0 Å². The average molecular weight is 319 g/mol. The average Bonchev–Trinajstić information content (AvgIpc) is 2.47. The maximum Gasteiger partial charge on any atom is 0.274 e. The molecule has 0 atom stereocenters. The van der Waals surface area contributed by atoms with Crippen molar-refractivity contribution in [1.82, 2.24) is 9.71 Å². The summed E-state index contributed by atoms with van der Waals surface area (Å²) in [5, 5.41) is 2.62. The van der Waals surface area contributed by atoms with Gasteiger partial charge in [0.1, 0.15) is 5.69 Å². The minimum Gasteiger partial charge on any atom is -0.321 e. The maximum absolute atomic E-state index is 11.9. The van der Waals surface area contributed by atoms with Crippen LogP contribution in [0.5, 0.6) is 0 Å². The van der Waals surface area contributed by atoms with Crippen LogP contribution in [0.25, 0.3) is 0 Å². The van der Waals surface area contributed by atoms with E-state index in [2.05, 4.69) is 10.3 Å². The number of benzene rings is 1. The van der Waals surface area contributed by atoms with E-state index in [1.165, 1.54) is 30.5 Å². The largest absolute Gasteiger partial charge is 0.321 e. The lowest BCUT2D eigenvalue weighted by atomic mass is 10.2. The lowest BCUT2D eigenvalue weighted by molar-refractivity contribution is 0.0980. The van der Waals surface area contributed by atoms with Crippen LogP contribution in [0.4, 0.5) is 5.69 Å². The zero-order valence-electron chi connectivity index (χ0n) is 11.6. The van der Waals surface area contributed by atoms with E-state index in [4.69, 9.17) is 0 Å². The summed E-state index contributed by atoms with van der Waals surface area (Å²) < 4.78 is 23.8. The maximum atomic E-state index is 11.9. The molecule has 0 aliphatic carbocycles. The number of sulfonamides is 1. The van der Waals surface area contributed by atoms with Gasteiger partial charge in [-0.3, -0.25) is 14.6 Å². The first-order valence-electron chi connectivity index (χ1n) is 6.20. The molecule has 22 heavy (non-hydrogen) atoms. The van der Waals surface area contributed by atoms with E-state index in [9.17, 15) is 18.0 Å². The Labute approximate surface area is 127 Å². The van der Waals surface area contributed by atoms with Crippen molar-refractivity contribution in [2.75, 3.05) is 11.6 Å². The molecule has 0 fully saturated rings. The van der Waals surface area contributed by atoms with Crippen LogP contribution in [0.3, 0.4) is 0 Å². The first kappa shape index (κ1) is 15.6. The zero-order chi connectivity index (χ0) is 16.2. The van der Waals surface area contributed by atoms with Crippen LogP contribution < -0.4 is 10.0 Å². The van der Waals surface area contributed by atoms with Crippen molar-refractivity contribution in [2.24, 2.45) is 0 Å². The number of hydrogen-bond acceptors (Lipinski definition) is 5. The van der Waals surface area contributed by atoms with Crippen LogP contribution in [0.1, 0.15) is 20.8 Å². The van der Waals surface area contributed by atoms with E-state index in [0.29, 0.717) is 5.69 Å². The predicted molar refractivity (Wildman–Crippen MR) is 80.9 cm³/mol. The van der Waals surface area contributed by atoms with E-state index < -0.39 is 15.9 Å². The van der Waals surface area contributed by atoms with E-state index in [1.807, 2.05) is 4.72 Å². The summed E-state index contributed by atoms with van der Waals surface area (Å²) in [4.78, 5) is 27.4. The topological polar surface area (TPSA) is 105 Å². The summed E-state index contributed by atoms with van der Waals surface area (Å²) in [6, 6.07) is 10.8. The molecule has 7 nitrogen and oxygen atoms in total. The number of hydrogen-bond donors (Lipinski definition) is 2. The highest BCUT2D eigenvalue weighted by Crippen LogP contribution is 2.11. The summed E-state index contributed by atoms with van der Waals surface area (Å²) in [7, 11) is -3.61. The molecule has 114 valence electrons. The number of anilines is 1. The lowest BCUT2D eigenvalue weighted by Crippen LogP contribution is -2.29. The third-order valence-electron chi connectivity index (χ3n) is 2.58. The summed E-state index contributed by atoms with van der Waals surface area (Å²) in [5.74, 6) is -1.11. The number of carbonyl (C=O) groups excluding carboxylic acids is 2. The molecule has 2 aromatic rings. The minimum atomic E-state index is -3.61. The van der Waals surface area contributed by atoms with Gasteiger partial charge in [0.25, 0.3) is 11.8 Å². The normalized spacial score (nSPS) is 10.8. The van der Waals surface area contributed by atoms with Gasteiger partial charge in [0.15, 0.2) is 0 Å². The molecule has 0 aliphatic rings. The Balaban J connectivity index is 2.06. The third-order valence-corrected chi connectivity index (χ3v) is 3.14. The van der Waals surface area contributed by atoms with E-state index >= 15 is 0 Å². The quantitative estimate of drug-likeness (QED) is 0.875. The lowest BCUT2D eigenvalue weighted by Gasteiger charge is -2.06. The van der Waals surface area contributed by atoms with Gasteiger partial charge >= 0.3 is 0 Å². The van der Waals surface area contributed by atoms with Crippen molar-refractivity contribution >= 4 is 27.5 Å². The van der Waals surface area contributed by atoms with Crippen LogP contribution in [0.2, 0.25) is 0 Å². The Morgan fingerprint density at radius 1 is 1.00 bits per heavy atom. The number of nitrogens with one attached hydrogen (secondary N) is 2. The molecule has 1 aromatic carbocycles. The third kappa shape index (κ3) is 4.38. The van der Waals surface area contributed by atoms with Gasteiger partial charge in [-0.05, 0) is 36.4 Å². The number of rotatable bonds is 4. The molecule has 2 rings (SSSR count). The summed E-state index contributed by atoms with van der Waals surface area (Å²) in [6.07, 6.45) is 2.40. The molecule has 0 spiro atoms. The Kier molecular flexibility index (Phi) is 4.52. The highest BCUT2D eigenvalue weighted by atomic mass is 32.2. The fourth-order valence-electron chi connectivity index (χ4n) is 1.62. The first-order chi connectivity index (χ1) is 10.3. The minimum absolute atomic E-state index is 0.168. The van der Waals surface area contributed by atoms with Gasteiger partial charge in [-0.1, -0.05) is 6.07 Å². The summed E-state index contributed by atoms with van der Waals surface area (Å²) in [5.41, 5.74) is 0.897. The number of carbonyl (C=O) groups is 2. The molecule has 2 N–H and O–H groups in total. The molecule has 8 heteroatoms. The van der Waals surface area contributed by atoms with Gasteiger partial charge in [-0.2, -0.15) is 0 Å². The standard InChI is InChI=1S/C14H13N3O4S/c1-22(20,21)17-13(18)10-5-7-11(8-6-10)16-14(19)12-4-2-3-9-15-12/h2-9H,1H3,(H,16,19)(H,17,18). The van der Waals surface area contributed by atoms with Gasteiger partial charge < -0.3 is 5.32 Å². The van der Waals surface area contributed by atoms with Gasteiger partial charge in [-0.25, -0.2) is 13.1 Å². The van der Waals surface area contributed by atoms with Gasteiger partial charge in [0.2, 0.25) is 10.0 Å².